The minimum absolute atomic E-state index is 0.135. The molecular weight excluding hydrogens is 333 g/mol. The Labute approximate surface area is 150 Å². The molecule has 3 aromatic rings. The smallest absolute Gasteiger partial charge is 0.276 e. The van der Waals surface area contributed by atoms with E-state index in [1.165, 1.54) is 12.1 Å². The zero-order valence-corrected chi connectivity index (χ0v) is 14.4. The number of hydrogen-bond donors (Lipinski definition) is 0. The second-order valence-electron chi connectivity index (χ2n) is 6.23. The lowest BCUT2D eigenvalue weighted by Crippen LogP contribution is -2.40. The first kappa shape index (κ1) is 16.3. The molecule has 0 atom stereocenters. The number of carbonyl (C=O) groups is 1. The van der Waals surface area contributed by atoms with Crippen LogP contribution in [0.5, 0.6) is 5.75 Å². The Morgan fingerprint density at radius 1 is 1.12 bits per heavy atom. The molecular formula is C20H18FN3O2. The van der Waals surface area contributed by atoms with Gasteiger partial charge in [0.05, 0.1) is 6.54 Å². The average molecular weight is 351 g/mol. The molecule has 0 bridgehead atoms. The average Bonchev–Trinajstić information content (AvgIpc) is 3.06. The van der Waals surface area contributed by atoms with E-state index >= 15 is 0 Å². The van der Waals surface area contributed by atoms with Gasteiger partial charge in [-0.2, -0.15) is 5.10 Å². The number of fused-ring (bicyclic) bond motifs is 1. The van der Waals surface area contributed by atoms with E-state index in [4.69, 9.17) is 4.74 Å². The third-order valence-corrected chi connectivity index (χ3v) is 4.41. The Bertz CT molecular complexity index is 953. The number of ether oxygens (including phenoxy) is 1. The van der Waals surface area contributed by atoms with Crippen LogP contribution in [0.2, 0.25) is 0 Å². The first-order valence-electron chi connectivity index (χ1n) is 8.44. The molecule has 0 N–H and O–H groups in total. The van der Waals surface area contributed by atoms with Gasteiger partial charge < -0.3 is 9.64 Å². The Morgan fingerprint density at radius 3 is 2.69 bits per heavy atom. The van der Waals surface area contributed by atoms with Crippen molar-refractivity contribution in [2.75, 3.05) is 11.4 Å². The van der Waals surface area contributed by atoms with E-state index in [-0.39, 0.29) is 11.7 Å². The number of aromatic nitrogens is 2. The van der Waals surface area contributed by atoms with Crippen LogP contribution in [-0.4, -0.2) is 22.2 Å². The number of nitrogens with zero attached hydrogens (tertiary/aromatic N) is 3. The highest BCUT2D eigenvalue weighted by Gasteiger charge is 2.28. The van der Waals surface area contributed by atoms with Gasteiger partial charge in [-0.05, 0) is 48.9 Å². The summed E-state index contributed by atoms with van der Waals surface area (Å²) in [4.78, 5) is 14.5. The highest BCUT2D eigenvalue weighted by molar-refractivity contribution is 6.06. The van der Waals surface area contributed by atoms with E-state index in [2.05, 4.69) is 5.10 Å². The second kappa shape index (κ2) is 6.63. The highest BCUT2D eigenvalue weighted by Crippen LogP contribution is 2.25. The predicted octanol–water partition coefficient (Wildman–Crippen LogP) is 3.57. The Morgan fingerprint density at radius 2 is 1.92 bits per heavy atom. The van der Waals surface area contributed by atoms with E-state index in [0.29, 0.717) is 31.1 Å². The monoisotopic (exact) mass is 351 g/mol. The van der Waals surface area contributed by atoms with E-state index < -0.39 is 0 Å². The van der Waals surface area contributed by atoms with Gasteiger partial charge in [-0.15, -0.1) is 0 Å². The fourth-order valence-corrected chi connectivity index (χ4v) is 3.14. The fourth-order valence-electron chi connectivity index (χ4n) is 3.14. The summed E-state index contributed by atoms with van der Waals surface area (Å²) in [7, 11) is 0. The quantitative estimate of drug-likeness (QED) is 0.722. The van der Waals surface area contributed by atoms with Crippen molar-refractivity contribution >= 4 is 11.6 Å². The maximum Gasteiger partial charge on any atom is 0.276 e. The number of anilines is 1. The van der Waals surface area contributed by atoms with Crippen LogP contribution in [-0.2, 0) is 13.2 Å². The summed E-state index contributed by atoms with van der Waals surface area (Å²) in [5.41, 5.74) is 2.69. The third-order valence-electron chi connectivity index (χ3n) is 4.41. The van der Waals surface area contributed by atoms with Gasteiger partial charge in [0.15, 0.2) is 0 Å². The number of halogens is 1. The van der Waals surface area contributed by atoms with Crippen molar-refractivity contribution in [1.29, 1.82) is 0 Å². The summed E-state index contributed by atoms with van der Waals surface area (Å²) < 4.78 is 20.8. The van der Waals surface area contributed by atoms with Gasteiger partial charge in [-0.3, -0.25) is 9.48 Å². The van der Waals surface area contributed by atoms with Crippen LogP contribution >= 0.6 is 0 Å². The van der Waals surface area contributed by atoms with Crippen molar-refractivity contribution in [3.05, 3.63) is 77.4 Å². The molecule has 2 heterocycles. The number of aryl methyl sites for hydroxylation is 1. The third kappa shape index (κ3) is 3.06. The van der Waals surface area contributed by atoms with Gasteiger partial charge in [0.25, 0.3) is 5.91 Å². The molecule has 4 rings (SSSR count). The molecule has 0 spiro atoms. The van der Waals surface area contributed by atoms with Crippen molar-refractivity contribution in [2.24, 2.45) is 0 Å². The molecule has 132 valence electrons. The Kier molecular flexibility index (Phi) is 4.16. The van der Waals surface area contributed by atoms with Crippen LogP contribution in [0.25, 0.3) is 0 Å². The molecule has 1 amide bonds. The molecule has 1 aliphatic rings. The minimum atomic E-state index is -0.305. The summed E-state index contributed by atoms with van der Waals surface area (Å²) in [6.07, 6.45) is 0. The second-order valence-corrected chi connectivity index (χ2v) is 6.23. The lowest BCUT2D eigenvalue weighted by molar-refractivity contribution is 0.0962. The SMILES string of the molecule is Cc1cc(F)ccc1N1CCn2nc(COc3ccccc3)cc2C1=O. The van der Waals surface area contributed by atoms with Crippen molar-refractivity contribution in [1.82, 2.24) is 9.78 Å². The first-order chi connectivity index (χ1) is 12.6. The van der Waals surface area contributed by atoms with Crippen LogP contribution < -0.4 is 9.64 Å². The zero-order valence-electron chi connectivity index (χ0n) is 14.4. The largest absolute Gasteiger partial charge is 0.487 e. The maximum absolute atomic E-state index is 13.3. The number of rotatable bonds is 4. The van der Waals surface area contributed by atoms with E-state index in [9.17, 15) is 9.18 Å². The zero-order chi connectivity index (χ0) is 18.1. The summed E-state index contributed by atoms with van der Waals surface area (Å²) in [6, 6.07) is 15.7. The molecule has 0 aliphatic carbocycles. The van der Waals surface area contributed by atoms with Gasteiger partial charge in [0.2, 0.25) is 0 Å². The van der Waals surface area contributed by atoms with Crippen molar-refractivity contribution in [2.45, 2.75) is 20.1 Å². The lowest BCUT2D eigenvalue weighted by atomic mass is 10.1. The van der Waals surface area contributed by atoms with Gasteiger partial charge in [-0.25, -0.2) is 4.39 Å². The van der Waals surface area contributed by atoms with Gasteiger partial charge in [0, 0.05) is 12.2 Å². The lowest BCUT2D eigenvalue weighted by Gasteiger charge is -2.28. The number of benzene rings is 2. The van der Waals surface area contributed by atoms with Crippen molar-refractivity contribution in [3.63, 3.8) is 0 Å². The summed E-state index contributed by atoms with van der Waals surface area (Å²) >= 11 is 0. The fraction of sp³-hybridized carbons (Fsp3) is 0.200. The van der Waals surface area contributed by atoms with E-state index in [0.717, 1.165) is 17.0 Å². The van der Waals surface area contributed by atoms with E-state index in [1.807, 2.05) is 30.3 Å². The number of amides is 1. The molecule has 1 aromatic heterocycles. The number of para-hydroxylation sites is 1. The Balaban J connectivity index is 1.54. The standard InChI is InChI=1S/C20H18FN3O2/c1-14-11-15(21)7-8-18(14)23-9-10-24-19(20(23)25)12-16(22-24)13-26-17-5-3-2-4-6-17/h2-8,11-12H,9-10,13H2,1H3. The van der Waals surface area contributed by atoms with Crippen LogP contribution in [0, 0.1) is 12.7 Å². The van der Waals surface area contributed by atoms with Crippen molar-refractivity contribution < 1.29 is 13.9 Å². The molecule has 0 fully saturated rings. The summed E-state index contributed by atoms with van der Waals surface area (Å²) in [5, 5.41) is 4.47. The molecule has 26 heavy (non-hydrogen) atoms. The molecule has 6 heteroatoms. The maximum atomic E-state index is 13.3. The van der Waals surface area contributed by atoms with Gasteiger partial charge >= 0.3 is 0 Å². The molecule has 1 aliphatic heterocycles. The Hall–Kier alpha value is -3.15. The van der Waals surface area contributed by atoms with Crippen LogP contribution in [0.1, 0.15) is 21.7 Å². The molecule has 2 aromatic carbocycles. The predicted molar refractivity (Wildman–Crippen MR) is 95.8 cm³/mol. The molecule has 5 nitrogen and oxygen atoms in total. The van der Waals surface area contributed by atoms with Crippen molar-refractivity contribution in [3.8, 4) is 5.75 Å². The highest BCUT2D eigenvalue weighted by atomic mass is 19.1. The number of carbonyl (C=O) groups excluding carboxylic acids is 1. The normalized spacial score (nSPS) is 13.6. The molecule has 0 saturated heterocycles. The minimum Gasteiger partial charge on any atom is -0.487 e. The molecule has 0 radical (unpaired) electrons. The van der Waals surface area contributed by atoms with Gasteiger partial charge in [0.1, 0.15) is 29.6 Å². The van der Waals surface area contributed by atoms with Gasteiger partial charge in [-0.1, -0.05) is 18.2 Å². The number of hydrogen-bond acceptors (Lipinski definition) is 3. The van der Waals surface area contributed by atoms with Crippen LogP contribution in [0.3, 0.4) is 0 Å². The topological polar surface area (TPSA) is 47.4 Å². The van der Waals surface area contributed by atoms with Crippen LogP contribution in [0.4, 0.5) is 10.1 Å². The van der Waals surface area contributed by atoms with Crippen LogP contribution in [0.15, 0.2) is 54.6 Å². The summed E-state index contributed by atoms with van der Waals surface area (Å²) in [6.45, 7) is 3.19. The van der Waals surface area contributed by atoms with E-state index in [1.54, 1.807) is 28.6 Å². The molecule has 0 saturated carbocycles. The first-order valence-corrected chi connectivity index (χ1v) is 8.44. The molecule has 0 unspecified atom stereocenters. The summed E-state index contributed by atoms with van der Waals surface area (Å²) in [5.74, 6) is 0.318.